The maximum absolute atomic E-state index is 13.8. The number of fused-ring (bicyclic) bond motifs is 2. The minimum atomic E-state index is -4.59. The van der Waals surface area contributed by atoms with Crippen LogP contribution in [0.15, 0.2) is 65.7 Å². The summed E-state index contributed by atoms with van der Waals surface area (Å²) in [5.41, 5.74) is 1.43. The molecule has 0 aliphatic carbocycles. The second-order valence-electron chi connectivity index (χ2n) is 7.69. The van der Waals surface area contributed by atoms with Gasteiger partial charge in [0.25, 0.3) is 5.56 Å². The summed E-state index contributed by atoms with van der Waals surface area (Å²) in [6.07, 6.45) is -1.75. The van der Waals surface area contributed by atoms with Crippen molar-refractivity contribution in [2.24, 2.45) is 7.05 Å². The highest BCUT2D eigenvalue weighted by molar-refractivity contribution is 5.86. The monoisotopic (exact) mass is 484 g/mol. The molecule has 0 saturated carbocycles. The molecule has 5 aromatic rings. The van der Waals surface area contributed by atoms with E-state index in [1.54, 1.807) is 36.1 Å². The van der Waals surface area contributed by atoms with Crippen LogP contribution in [0.3, 0.4) is 0 Å². The number of pyridine rings is 1. The van der Waals surface area contributed by atoms with Crippen LogP contribution in [0.5, 0.6) is 11.6 Å². The van der Waals surface area contributed by atoms with Gasteiger partial charge in [-0.2, -0.15) is 23.3 Å². The molecule has 0 N–H and O–H groups in total. The molecule has 2 aromatic carbocycles. The molecule has 0 atom stereocenters. The number of nitrogens with zero attached hydrogens (tertiary/aromatic N) is 5. The lowest BCUT2D eigenvalue weighted by Crippen LogP contribution is -2.23. The maximum Gasteiger partial charge on any atom is 0.422 e. The van der Waals surface area contributed by atoms with Crippen LogP contribution >= 0.6 is 0 Å². The summed E-state index contributed by atoms with van der Waals surface area (Å²) in [6, 6.07) is 12.3. The molecule has 0 saturated heterocycles. The van der Waals surface area contributed by atoms with E-state index in [0.717, 1.165) is 17.1 Å². The fraction of sp³-hybridized carbons (Fsp3) is 0.167. The smallest absolute Gasteiger partial charge is 0.422 e. The SMILES string of the molecule is [2H]C([2H])([2H])Oc1ccc(-n2c(=O)c(-c3ccc4nn(C)cc4c3)cc3ncc(OCC(F)(F)F)nc32)cc1. The molecule has 0 aliphatic rings. The average molecular weight is 484 g/mol. The Labute approximate surface area is 200 Å². The number of rotatable bonds is 5. The Balaban J connectivity index is 1.69. The summed E-state index contributed by atoms with van der Waals surface area (Å²) in [6.45, 7) is -1.58. The van der Waals surface area contributed by atoms with E-state index < -0.39 is 31.3 Å². The minimum absolute atomic E-state index is 0.0320. The molecule has 0 amide bonds. The summed E-state index contributed by atoms with van der Waals surface area (Å²) in [5, 5.41) is 5.12. The molecule has 5 rings (SSSR count). The molecule has 3 heterocycles. The zero-order chi connectivity index (χ0) is 27.2. The topological polar surface area (TPSA) is 84.1 Å². The predicted octanol–water partition coefficient (Wildman–Crippen LogP) is 4.28. The Morgan fingerprint density at radius 2 is 1.89 bits per heavy atom. The summed E-state index contributed by atoms with van der Waals surface area (Å²) >= 11 is 0. The molecule has 35 heavy (non-hydrogen) atoms. The highest BCUT2D eigenvalue weighted by Crippen LogP contribution is 2.26. The number of benzene rings is 2. The van der Waals surface area contributed by atoms with Crippen molar-refractivity contribution in [3.63, 3.8) is 0 Å². The Kier molecular flexibility index (Phi) is 4.56. The fourth-order valence-electron chi connectivity index (χ4n) is 3.71. The van der Waals surface area contributed by atoms with E-state index in [4.69, 9.17) is 13.6 Å². The highest BCUT2D eigenvalue weighted by Gasteiger charge is 2.29. The Bertz CT molecular complexity index is 1710. The normalized spacial score (nSPS) is 13.4. The van der Waals surface area contributed by atoms with Crippen LogP contribution in [0.25, 0.3) is 38.9 Å². The lowest BCUT2D eigenvalue weighted by atomic mass is 10.0. The van der Waals surface area contributed by atoms with Gasteiger partial charge in [0, 0.05) is 24.2 Å². The Morgan fingerprint density at radius 1 is 1.09 bits per heavy atom. The average Bonchev–Trinajstić information content (AvgIpc) is 3.21. The van der Waals surface area contributed by atoms with Gasteiger partial charge < -0.3 is 9.47 Å². The first-order valence-corrected chi connectivity index (χ1v) is 10.2. The standard InChI is InChI=1S/C24H18F3N5O3/c1-31-12-15-9-14(3-8-19(15)30-31)18-10-20-22(29-21(11-28-20)35-13-24(25,26)27)32(23(18)33)16-4-6-17(34-2)7-5-16/h3-12H,13H2,1-2H3/i2D3. The lowest BCUT2D eigenvalue weighted by Gasteiger charge is -2.14. The third-order valence-electron chi connectivity index (χ3n) is 5.21. The van der Waals surface area contributed by atoms with E-state index in [9.17, 15) is 18.0 Å². The summed E-state index contributed by atoms with van der Waals surface area (Å²) < 4.78 is 72.3. The van der Waals surface area contributed by atoms with Crippen LogP contribution in [0, 0.1) is 0 Å². The molecule has 0 unspecified atom stereocenters. The predicted molar refractivity (Wildman–Crippen MR) is 123 cm³/mol. The van der Waals surface area contributed by atoms with Crippen molar-refractivity contribution >= 4 is 22.1 Å². The third kappa shape index (κ3) is 4.39. The van der Waals surface area contributed by atoms with Crippen molar-refractivity contribution in [2.45, 2.75) is 6.18 Å². The van der Waals surface area contributed by atoms with E-state index in [1.807, 2.05) is 0 Å². The van der Waals surface area contributed by atoms with Crippen LogP contribution in [0.2, 0.25) is 0 Å². The third-order valence-corrected chi connectivity index (χ3v) is 5.21. The highest BCUT2D eigenvalue weighted by atomic mass is 19.4. The van der Waals surface area contributed by atoms with Crippen LogP contribution in [-0.4, -0.2) is 44.1 Å². The minimum Gasteiger partial charge on any atom is -0.497 e. The first kappa shape index (κ1) is 19.0. The molecule has 11 heteroatoms. The summed E-state index contributed by atoms with van der Waals surface area (Å²) in [4.78, 5) is 22.1. The van der Waals surface area contributed by atoms with Crippen molar-refractivity contribution in [1.29, 1.82) is 0 Å². The molecule has 0 radical (unpaired) electrons. The number of alkyl halides is 3. The van der Waals surface area contributed by atoms with Crippen LogP contribution in [0.4, 0.5) is 13.2 Å². The van der Waals surface area contributed by atoms with E-state index in [1.165, 1.54) is 34.9 Å². The zero-order valence-electron chi connectivity index (χ0n) is 21.1. The largest absolute Gasteiger partial charge is 0.497 e. The fourth-order valence-corrected chi connectivity index (χ4v) is 3.71. The first-order valence-electron chi connectivity index (χ1n) is 11.7. The van der Waals surface area contributed by atoms with Gasteiger partial charge in [-0.15, -0.1) is 0 Å². The van der Waals surface area contributed by atoms with Gasteiger partial charge in [0.1, 0.15) is 11.3 Å². The number of aryl methyl sites for hydroxylation is 1. The summed E-state index contributed by atoms with van der Waals surface area (Å²) in [7, 11) is -0.900. The molecule has 178 valence electrons. The Hall–Kier alpha value is -4.41. The van der Waals surface area contributed by atoms with Crippen molar-refractivity contribution in [3.8, 4) is 28.4 Å². The molecule has 0 aliphatic heterocycles. The first-order chi connectivity index (χ1) is 17.9. The van der Waals surface area contributed by atoms with Crippen molar-refractivity contribution in [2.75, 3.05) is 13.6 Å². The van der Waals surface area contributed by atoms with Gasteiger partial charge in [-0.3, -0.25) is 14.0 Å². The maximum atomic E-state index is 13.8. The van der Waals surface area contributed by atoms with Crippen LogP contribution in [-0.2, 0) is 7.05 Å². The Morgan fingerprint density at radius 3 is 2.63 bits per heavy atom. The molecule has 0 spiro atoms. The van der Waals surface area contributed by atoms with Crippen LogP contribution in [0.1, 0.15) is 4.11 Å². The number of hydrogen-bond acceptors (Lipinski definition) is 6. The van der Waals surface area contributed by atoms with Gasteiger partial charge in [-0.05, 0) is 48.0 Å². The number of ether oxygens (including phenoxy) is 2. The molecule has 8 nitrogen and oxygen atoms in total. The van der Waals surface area contributed by atoms with Gasteiger partial charge in [-0.25, -0.2) is 4.98 Å². The molecular formula is C24H18F3N5O3. The van der Waals surface area contributed by atoms with E-state index in [2.05, 4.69) is 15.1 Å². The van der Waals surface area contributed by atoms with Crippen molar-refractivity contribution in [1.82, 2.24) is 24.3 Å². The second-order valence-corrected chi connectivity index (χ2v) is 7.69. The van der Waals surface area contributed by atoms with Crippen molar-refractivity contribution in [3.05, 3.63) is 71.3 Å². The van der Waals surface area contributed by atoms with Crippen molar-refractivity contribution < 1.29 is 26.8 Å². The van der Waals surface area contributed by atoms with Gasteiger partial charge in [0.2, 0.25) is 5.88 Å². The van der Waals surface area contributed by atoms with E-state index in [0.29, 0.717) is 5.56 Å². The molecular weight excluding hydrogens is 463 g/mol. The number of halogens is 3. The molecule has 0 fully saturated rings. The summed E-state index contributed by atoms with van der Waals surface area (Å²) in [5.74, 6) is -0.389. The number of methoxy groups -OCH3 is 1. The number of hydrogen-bond donors (Lipinski definition) is 0. The van der Waals surface area contributed by atoms with Gasteiger partial charge >= 0.3 is 6.18 Å². The van der Waals surface area contributed by atoms with Gasteiger partial charge in [-0.1, -0.05) is 6.07 Å². The van der Waals surface area contributed by atoms with Crippen LogP contribution < -0.4 is 15.0 Å². The van der Waals surface area contributed by atoms with E-state index in [-0.39, 0.29) is 28.2 Å². The second kappa shape index (κ2) is 8.42. The van der Waals surface area contributed by atoms with Gasteiger partial charge in [0.15, 0.2) is 12.3 Å². The number of aromatic nitrogens is 5. The van der Waals surface area contributed by atoms with Gasteiger partial charge in [0.05, 0.1) is 28.6 Å². The molecule has 0 bridgehead atoms. The quantitative estimate of drug-likeness (QED) is 0.370. The molecule has 3 aromatic heterocycles. The zero-order valence-corrected chi connectivity index (χ0v) is 18.1. The lowest BCUT2D eigenvalue weighted by molar-refractivity contribution is -0.154. The van der Waals surface area contributed by atoms with E-state index >= 15 is 0 Å².